The van der Waals surface area contributed by atoms with Crippen LogP contribution in [0.15, 0.2) is 11.6 Å². The summed E-state index contributed by atoms with van der Waals surface area (Å²) in [6.45, 7) is 6.19. The smallest absolute Gasteiger partial charge is 0.330 e. The maximum Gasteiger partial charge on any atom is 0.330 e. The van der Waals surface area contributed by atoms with Gasteiger partial charge in [0.05, 0.1) is 0 Å². The minimum absolute atomic E-state index is 0.474. The molecule has 0 spiro atoms. The van der Waals surface area contributed by atoms with Gasteiger partial charge in [0.1, 0.15) is 0 Å². The molecule has 0 fully saturated rings. The molecule has 2 heteroatoms. The largest absolute Gasteiger partial charge is 0.478 e. The van der Waals surface area contributed by atoms with Crippen LogP contribution >= 0.6 is 0 Å². The molecule has 1 atom stereocenters. The molecule has 2 nitrogen and oxygen atoms in total. The van der Waals surface area contributed by atoms with Crippen molar-refractivity contribution >= 4 is 5.97 Å². The summed E-state index contributed by atoms with van der Waals surface area (Å²) in [6, 6.07) is 0. The average Bonchev–Trinajstić information content (AvgIpc) is 2.31. The Morgan fingerprint density at radius 3 is 2.41 bits per heavy atom. The Morgan fingerprint density at radius 2 is 1.88 bits per heavy atom. The first-order valence-electron chi connectivity index (χ1n) is 7.01. The van der Waals surface area contributed by atoms with Gasteiger partial charge in [-0.1, -0.05) is 58.4 Å². The predicted molar refractivity (Wildman–Crippen MR) is 73.2 cm³/mol. The molecular formula is C15H28O2. The maximum absolute atomic E-state index is 10.6. The third-order valence-corrected chi connectivity index (χ3v) is 3.38. The molecule has 0 aliphatic rings. The van der Waals surface area contributed by atoms with Crippen molar-refractivity contribution in [1.82, 2.24) is 0 Å². The van der Waals surface area contributed by atoms with E-state index in [1.165, 1.54) is 38.5 Å². The lowest BCUT2D eigenvalue weighted by Gasteiger charge is -2.12. The monoisotopic (exact) mass is 240 g/mol. The van der Waals surface area contributed by atoms with Crippen LogP contribution in [0.4, 0.5) is 0 Å². The second-order valence-electron chi connectivity index (χ2n) is 4.89. The highest BCUT2D eigenvalue weighted by Gasteiger charge is 2.04. The van der Waals surface area contributed by atoms with Gasteiger partial charge < -0.3 is 5.11 Å². The molecule has 100 valence electrons. The van der Waals surface area contributed by atoms with E-state index in [2.05, 4.69) is 13.8 Å². The number of unbranched alkanes of at least 4 members (excludes halogenated alkanes) is 3. The molecule has 1 unspecified atom stereocenters. The van der Waals surface area contributed by atoms with E-state index in [4.69, 9.17) is 5.11 Å². The third kappa shape index (κ3) is 8.96. The number of allylic oxidation sites excluding steroid dienone is 1. The van der Waals surface area contributed by atoms with Gasteiger partial charge in [-0.25, -0.2) is 4.79 Å². The molecule has 0 aliphatic heterocycles. The molecule has 0 rings (SSSR count). The van der Waals surface area contributed by atoms with Crippen molar-refractivity contribution in [1.29, 1.82) is 0 Å². The zero-order valence-corrected chi connectivity index (χ0v) is 11.7. The molecule has 0 bridgehead atoms. The number of rotatable bonds is 10. The number of carbonyl (C=O) groups is 1. The molecule has 0 aliphatic carbocycles. The Kier molecular flexibility index (Phi) is 9.89. The van der Waals surface area contributed by atoms with E-state index in [0.29, 0.717) is 5.57 Å². The van der Waals surface area contributed by atoms with Crippen molar-refractivity contribution in [2.45, 2.75) is 72.1 Å². The van der Waals surface area contributed by atoms with Gasteiger partial charge in [0.2, 0.25) is 0 Å². The number of aliphatic carboxylic acids is 1. The molecule has 0 aromatic rings. The highest BCUT2D eigenvalue weighted by molar-refractivity contribution is 5.85. The minimum atomic E-state index is -0.793. The van der Waals surface area contributed by atoms with E-state index in [0.717, 1.165) is 18.8 Å². The van der Waals surface area contributed by atoms with E-state index >= 15 is 0 Å². The molecule has 0 saturated heterocycles. The van der Waals surface area contributed by atoms with Gasteiger partial charge in [0.25, 0.3) is 0 Å². The molecule has 0 aromatic heterocycles. The summed E-state index contributed by atoms with van der Waals surface area (Å²) in [6.07, 6.45) is 11.7. The van der Waals surface area contributed by atoms with Crippen LogP contribution in [-0.4, -0.2) is 11.1 Å². The molecular weight excluding hydrogens is 212 g/mol. The normalized spacial score (nSPS) is 13.7. The average molecular weight is 240 g/mol. The summed E-state index contributed by atoms with van der Waals surface area (Å²) in [5.74, 6) is 0.107. The minimum Gasteiger partial charge on any atom is -0.478 e. The van der Waals surface area contributed by atoms with Crippen LogP contribution in [0, 0.1) is 5.92 Å². The van der Waals surface area contributed by atoms with E-state index in [1.807, 2.05) is 6.08 Å². The molecule has 1 N–H and O–H groups in total. The van der Waals surface area contributed by atoms with E-state index in [9.17, 15) is 4.79 Å². The van der Waals surface area contributed by atoms with E-state index in [-0.39, 0.29) is 0 Å². The summed E-state index contributed by atoms with van der Waals surface area (Å²) in [7, 11) is 0. The fourth-order valence-corrected chi connectivity index (χ4v) is 2.12. The summed E-state index contributed by atoms with van der Waals surface area (Å²) < 4.78 is 0. The van der Waals surface area contributed by atoms with Crippen molar-refractivity contribution in [2.24, 2.45) is 5.92 Å². The lowest BCUT2D eigenvalue weighted by molar-refractivity contribution is -0.132. The van der Waals surface area contributed by atoms with Crippen LogP contribution in [0.2, 0.25) is 0 Å². The van der Waals surface area contributed by atoms with Gasteiger partial charge in [-0.15, -0.1) is 0 Å². The summed E-state index contributed by atoms with van der Waals surface area (Å²) >= 11 is 0. The van der Waals surface area contributed by atoms with Crippen LogP contribution < -0.4 is 0 Å². The van der Waals surface area contributed by atoms with Crippen molar-refractivity contribution < 1.29 is 9.90 Å². The van der Waals surface area contributed by atoms with E-state index in [1.54, 1.807) is 6.92 Å². The topological polar surface area (TPSA) is 37.3 Å². The van der Waals surface area contributed by atoms with Crippen LogP contribution in [0.1, 0.15) is 72.1 Å². The number of hydrogen-bond donors (Lipinski definition) is 1. The van der Waals surface area contributed by atoms with Crippen LogP contribution in [0.5, 0.6) is 0 Å². The Balaban J connectivity index is 3.52. The van der Waals surface area contributed by atoms with Gasteiger partial charge in [0.15, 0.2) is 0 Å². The fourth-order valence-electron chi connectivity index (χ4n) is 2.12. The maximum atomic E-state index is 10.6. The summed E-state index contributed by atoms with van der Waals surface area (Å²) in [5, 5.41) is 8.68. The van der Waals surface area contributed by atoms with Gasteiger partial charge in [0, 0.05) is 5.57 Å². The lowest BCUT2D eigenvalue weighted by atomic mass is 9.94. The number of carboxylic acids is 1. The first-order valence-corrected chi connectivity index (χ1v) is 7.01. The van der Waals surface area contributed by atoms with Gasteiger partial charge in [-0.3, -0.25) is 0 Å². The van der Waals surface area contributed by atoms with Crippen molar-refractivity contribution in [3.05, 3.63) is 11.6 Å². The number of carboxylic acid groups (broad SMARTS) is 1. The van der Waals surface area contributed by atoms with Crippen LogP contribution in [0.25, 0.3) is 0 Å². The fraction of sp³-hybridized carbons (Fsp3) is 0.800. The molecule has 0 saturated carbocycles. The predicted octanol–water partition coefficient (Wildman–Crippen LogP) is 4.79. The van der Waals surface area contributed by atoms with E-state index < -0.39 is 5.97 Å². The Morgan fingerprint density at radius 1 is 1.18 bits per heavy atom. The second kappa shape index (κ2) is 10.4. The quantitative estimate of drug-likeness (QED) is 0.440. The summed E-state index contributed by atoms with van der Waals surface area (Å²) in [4.78, 5) is 10.6. The van der Waals surface area contributed by atoms with Gasteiger partial charge in [-0.2, -0.15) is 0 Å². The molecule has 0 radical (unpaired) electrons. The Hall–Kier alpha value is -0.790. The highest BCUT2D eigenvalue weighted by Crippen LogP contribution is 2.19. The van der Waals surface area contributed by atoms with Crippen LogP contribution in [-0.2, 0) is 4.79 Å². The lowest BCUT2D eigenvalue weighted by Crippen LogP contribution is -1.98. The zero-order valence-electron chi connectivity index (χ0n) is 11.7. The Bertz CT molecular complexity index is 231. The SMILES string of the molecule is CCCC(CC)CCCCCC=C(C)C(=O)O. The number of hydrogen-bond acceptors (Lipinski definition) is 1. The van der Waals surface area contributed by atoms with Crippen molar-refractivity contribution in [2.75, 3.05) is 0 Å². The molecule has 0 heterocycles. The second-order valence-corrected chi connectivity index (χ2v) is 4.89. The first kappa shape index (κ1) is 16.2. The molecule has 17 heavy (non-hydrogen) atoms. The molecule has 0 amide bonds. The zero-order chi connectivity index (χ0) is 13.1. The van der Waals surface area contributed by atoms with Crippen LogP contribution in [0.3, 0.4) is 0 Å². The van der Waals surface area contributed by atoms with Crippen molar-refractivity contribution in [3.8, 4) is 0 Å². The highest BCUT2D eigenvalue weighted by atomic mass is 16.4. The molecule has 0 aromatic carbocycles. The standard InChI is InChI=1S/C15H28O2/c1-4-10-14(5-2)12-9-7-6-8-11-13(3)15(16)17/h11,14H,4-10,12H2,1-3H3,(H,16,17). The Labute approximate surface area is 106 Å². The van der Waals surface area contributed by atoms with Gasteiger partial charge >= 0.3 is 5.97 Å². The summed E-state index contributed by atoms with van der Waals surface area (Å²) in [5.41, 5.74) is 0.474. The van der Waals surface area contributed by atoms with Crippen molar-refractivity contribution in [3.63, 3.8) is 0 Å². The third-order valence-electron chi connectivity index (χ3n) is 3.38. The van der Waals surface area contributed by atoms with Gasteiger partial charge in [-0.05, 0) is 25.7 Å². The first-order chi connectivity index (χ1) is 8.11.